The molecule has 0 aliphatic heterocycles. The molecule has 0 unspecified atom stereocenters. The van der Waals surface area contributed by atoms with Gasteiger partial charge in [-0.15, -0.1) is 0 Å². The predicted molar refractivity (Wildman–Crippen MR) is 60.6 cm³/mol. The predicted octanol–water partition coefficient (Wildman–Crippen LogP) is 0.999. The van der Waals surface area contributed by atoms with Crippen LogP contribution in [0.25, 0.3) is 0 Å². The molecule has 2 heterocycles. The van der Waals surface area contributed by atoms with E-state index in [4.69, 9.17) is 11.0 Å². The van der Waals surface area contributed by atoms with Crippen molar-refractivity contribution in [2.24, 2.45) is 0 Å². The van der Waals surface area contributed by atoms with E-state index in [1.54, 1.807) is 12.3 Å². The van der Waals surface area contributed by atoms with Crippen molar-refractivity contribution in [2.45, 2.75) is 6.54 Å². The zero-order chi connectivity index (χ0) is 11.4. The van der Waals surface area contributed by atoms with Gasteiger partial charge in [-0.3, -0.25) is 0 Å². The highest BCUT2D eigenvalue weighted by Gasteiger charge is 2.10. The van der Waals surface area contributed by atoms with Gasteiger partial charge in [-0.2, -0.15) is 19.8 Å². The average Bonchev–Trinajstić information content (AvgIpc) is 2.68. The number of nitriles is 1. The Morgan fingerprint density at radius 3 is 3.12 bits per heavy atom. The van der Waals surface area contributed by atoms with Gasteiger partial charge >= 0.3 is 0 Å². The first-order chi connectivity index (χ1) is 7.81. The molecule has 2 aromatic rings. The molecule has 80 valence electrons. The molecule has 0 aromatic carbocycles. The van der Waals surface area contributed by atoms with Crippen LogP contribution in [0.2, 0.25) is 0 Å². The standard InChI is InChI=1S/C9H8N6S/c10-4-7-8(11)15-16-9(7)12-5-6-2-1-3-13-14-6/h1-3,12H,5H2,(H2,11,15). The first-order valence-electron chi connectivity index (χ1n) is 4.47. The SMILES string of the molecule is N#Cc1c(N)nsc1NCc1cccnn1. The molecule has 2 rings (SSSR count). The van der Waals surface area contributed by atoms with Gasteiger partial charge in [-0.1, -0.05) is 0 Å². The van der Waals surface area contributed by atoms with Crippen molar-refractivity contribution in [3.63, 3.8) is 0 Å². The first kappa shape index (κ1) is 10.3. The van der Waals surface area contributed by atoms with Crippen molar-refractivity contribution in [1.82, 2.24) is 14.6 Å². The van der Waals surface area contributed by atoms with Crippen molar-refractivity contribution in [3.05, 3.63) is 29.6 Å². The Kier molecular flexibility index (Phi) is 2.93. The van der Waals surface area contributed by atoms with E-state index in [-0.39, 0.29) is 5.82 Å². The van der Waals surface area contributed by atoms with Gasteiger partial charge in [0.1, 0.15) is 16.6 Å². The summed E-state index contributed by atoms with van der Waals surface area (Å²) < 4.78 is 3.90. The number of nitrogens with two attached hydrogens (primary N) is 1. The Morgan fingerprint density at radius 1 is 1.56 bits per heavy atom. The van der Waals surface area contributed by atoms with Crippen molar-refractivity contribution in [1.29, 1.82) is 5.26 Å². The smallest absolute Gasteiger partial charge is 0.157 e. The number of hydrogen-bond donors (Lipinski definition) is 2. The molecule has 16 heavy (non-hydrogen) atoms. The van der Waals surface area contributed by atoms with Crippen LogP contribution in [0.4, 0.5) is 10.8 Å². The summed E-state index contributed by atoms with van der Waals surface area (Å²) in [6, 6.07) is 5.65. The molecule has 0 fully saturated rings. The van der Waals surface area contributed by atoms with E-state index >= 15 is 0 Å². The number of nitrogens with zero attached hydrogens (tertiary/aromatic N) is 4. The minimum absolute atomic E-state index is 0.258. The highest BCUT2D eigenvalue weighted by atomic mass is 32.1. The molecule has 0 atom stereocenters. The summed E-state index contributed by atoms with van der Waals surface area (Å²) in [6.07, 6.45) is 1.61. The topological polar surface area (TPSA) is 101 Å². The van der Waals surface area contributed by atoms with Gasteiger partial charge in [0.2, 0.25) is 0 Å². The number of hydrogen-bond acceptors (Lipinski definition) is 7. The van der Waals surface area contributed by atoms with E-state index < -0.39 is 0 Å². The van der Waals surface area contributed by atoms with Crippen LogP contribution in [0, 0.1) is 11.3 Å². The van der Waals surface area contributed by atoms with Gasteiger partial charge in [0.15, 0.2) is 5.82 Å². The lowest BCUT2D eigenvalue weighted by Crippen LogP contribution is -2.02. The third kappa shape index (κ3) is 2.07. The summed E-state index contributed by atoms with van der Waals surface area (Å²) in [5.41, 5.74) is 6.70. The van der Waals surface area contributed by atoms with E-state index in [2.05, 4.69) is 19.9 Å². The van der Waals surface area contributed by atoms with Crippen molar-refractivity contribution < 1.29 is 0 Å². The molecule has 3 N–H and O–H groups in total. The fourth-order valence-electron chi connectivity index (χ4n) is 1.13. The second-order valence-corrected chi connectivity index (χ2v) is 3.73. The fraction of sp³-hybridized carbons (Fsp3) is 0.111. The van der Waals surface area contributed by atoms with Crippen molar-refractivity contribution in [3.8, 4) is 6.07 Å². The zero-order valence-electron chi connectivity index (χ0n) is 8.21. The molecular weight excluding hydrogens is 224 g/mol. The minimum atomic E-state index is 0.258. The van der Waals surface area contributed by atoms with Crippen LogP contribution in [0.15, 0.2) is 18.3 Å². The zero-order valence-corrected chi connectivity index (χ0v) is 9.03. The average molecular weight is 232 g/mol. The summed E-state index contributed by atoms with van der Waals surface area (Å²) in [5.74, 6) is 0.258. The molecule has 0 radical (unpaired) electrons. The largest absolute Gasteiger partial charge is 0.382 e. The van der Waals surface area contributed by atoms with Crippen LogP contribution in [-0.2, 0) is 6.54 Å². The number of nitrogen functional groups attached to an aromatic ring is 1. The van der Waals surface area contributed by atoms with Crippen LogP contribution in [0.5, 0.6) is 0 Å². The van der Waals surface area contributed by atoms with E-state index in [9.17, 15) is 0 Å². The maximum absolute atomic E-state index is 8.85. The summed E-state index contributed by atoms with van der Waals surface area (Å²) in [5, 5.41) is 20.2. The van der Waals surface area contributed by atoms with E-state index in [0.717, 1.165) is 17.2 Å². The Bertz CT molecular complexity index is 515. The molecule has 0 aliphatic carbocycles. The normalized spacial score (nSPS) is 9.69. The summed E-state index contributed by atoms with van der Waals surface area (Å²) in [7, 11) is 0. The van der Waals surface area contributed by atoms with Gasteiger partial charge in [0.05, 0.1) is 12.2 Å². The lowest BCUT2D eigenvalue weighted by atomic mass is 10.3. The molecule has 0 aliphatic rings. The molecule has 0 saturated heterocycles. The maximum Gasteiger partial charge on any atom is 0.157 e. The lowest BCUT2D eigenvalue weighted by molar-refractivity contribution is 0.926. The van der Waals surface area contributed by atoms with Crippen LogP contribution < -0.4 is 11.1 Å². The molecular formula is C9H8N6S. The number of nitrogens with one attached hydrogen (secondary N) is 1. The van der Waals surface area contributed by atoms with Gasteiger partial charge in [0, 0.05) is 6.20 Å². The number of aromatic nitrogens is 3. The van der Waals surface area contributed by atoms with Crippen LogP contribution >= 0.6 is 11.5 Å². The number of rotatable bonds is 3. The third-order valence-corrected chi connectivity index (χ3v) is 2.71. The van der Waals surface area contributed by atoms with Crippen LogP contribution in [0.1, 0.15) is 11.3 Å². The molecule has 0 spiro atoms. The monoisotopic (exact) mass is 232 g/mol. The van der Waals surface area contributed by atoms with Crippen molar-refractivity contribution in [2.75, 3.05) is 11.1 Å². The van der Waals surface area contributed by atoms with Crippen LogP contribution in [0.3, 0.4) is 0 Å². The van der Waals surface area contributed by atoms with Gasteiger partial charge in [-0.25, -0.2) is 0 Å². The van der Waals surface area contributed by atoms with E-state index in [0.29, 0.717) is 17.1 Å². The van der Waals surface area contributed by atoms with Gasteiger partial charge in [-0.05, 0) is 23.7 Å². The maximum atomic E-state index is 8.85. The van der Waals surface area contributed by atoms with Gasteiger partial charge in [0.25, 0.3) is 0 Å². The van der Waals surface area contributed by atoms with Crippen LogP contribution in [-0.4, -0.2) is 14.6 Å². The Hall–Kier alpha value is -2.20. The lowest BCUT2D eigenvalue weighted by Gasteiger charge is -2.01. The minimum Gasteiger partial charge on any atom is -0.382 e. The summed E-state index contributed by atoms with van der Waals surface area (Å²) in [4.78, 5) is 0. The molecule has 2 aromatic heterocycles. The fourth-order valence-corrected chi connectivity index (χ4v) is 1.79. The third-order valence-electron chi connectivity index (χ3n) is 1.89. The quantitative estimate of drug-likeness (QED) is 0.818. The second kappa shape index (κ2) is 4.55. The highest BCUT2D eigenvalue weighted by molar-refractivity contribution is 7.10. The van der Waals surface area contributed by atoms with E-state index in [1.807, 2.05) is 12.1 Å². The number of anilines is 2. The molecule has 0 saturated carbocycles. The molecule has 0 amide bonds. The van der Waals surface area contributed by atoms with Gasteiger partial charge < -0.3 is 11.1 Å². The molecule has 7 heteroatoms. The summed E-state index contributed by atoms with van der Waals surface area (Å²) in [6.45, 7) is 0.490. The van der Waals surface area contributed by atoms with Crippen molar-refractivity contribution >= 4 is 22.4 Å². The Morgan fingerprint density at radius 2 is 2.44 bits per heavy atom. The Labute approximate surface area is 95.9 Å². The highest BCUT2D eigenvalue weighted by Crippen LogP contribution is 2.25. The first-order valence-corrected chi connectivity index (χ1v) is 5.24. The molecule has 0 bridgehead atoms. The Balaban J connectivity index is 2.09. The van der Waals surface area contributed by atoms with E-state index in [1.165, 1.54) is 0 Å². The second-order valence-electron chi connectivity index (χ2n) is 2.95. The molecule has 6 nitrogen and oxygen atoms in total. The summed E-state index contributed by atoms with van der Waals surface area (Å²) >= 11 is 1.16.